The van der Waals surface area contributed by atoms with Crippen LogP contribution in [0.2, 0.25) is 0 Å². The molecule has 0 radical (unpaired) electrons. The van der Waals surface area contributed by atoms with Crippen LogP contribution in [0.3, 0.4) is 0 Å². The summed E-state index contributed by atoms with van der Waals surface area (Å²) in [6.07, 6.45) is 5.99. The summed E-state index contributed by atoms with van der Waals surface area (Å²) in [6, 6.07) is 12.3. The van der Waals surface area contributed by atoms with Gasteiger partial charge >= 0.3 is 0 Å². The summed E-state index contributed by atoms with van der Waals surface area (Å²) in [5.41, 5.74) is 4.72. The number of hydrogen-bond donors (Lipinski definition) is 2. The van der Waals surface area contributed by atoms with E-state index in [2.05, 4.69) is 52.0 Å². The Labute approximate surface area is 158 Å². The predicted molar refractivity (Wildman–Crippen MR) is 110 cm³/mol. The smallest absolute Gasteiger partial charge is 0.118 e. The Bertz CT molecular complexity index is 644. The fourth-order valence-electron chi connectivity index (χ4n) is 4.12. The molecule has 0 bridgehead atoms. The monoisotopic (exact) mass is 354 g/mol. The number of phenolic OH excluding ortho intramolecular Hbond substituents is 2. The van der Waals surface area contributed by atoms with Gasteiger partial charge in [-0.2, -0.15) is 0 Å². The van der Waals surface area contributed by atoms with Gasteiger partial charge in [-0.1, -0.05) is 64.8 Å². The van der Waals surface area contributed by atoms with Gasteiger partial charge in [0.2, 0.25) is 0 Å². The number of rotatable bonds is 9. The molecule has 2 rings (SSSR count). The maximum absolute atomic E-state index is 10.1. The van der Waals surface area contributed by atoms with Gasteiger partial charge in [0, 0.05) is 0 Å². The van der Waals surface area contributed by atoms with Crippen LogP contribution in [0, 0.1) is 0 Å². The minimum atomic E-state index is 0.411. The second kappa shape index (κ2) is 9.66. The zero-order valence-electron chi connectivity index (χ0n) is 16.8. The molecule has 2 aromatic carbocycles. The van der Waals surface area contributed by atoms with Crippen molar-refractivity contribution in [1.29, 1.82) is 0 Å². The lowest BCUT2D eigenvalue weighted by Gasteiger charge is -2.27. The fourth-order valence-corrected chi connectivity index (χ4v) is 4.12. The number of aryl methyl sites for hydroxylation is 2. The second-order valence-electron chi connectivity index (χ2n) is 7.31. The lowest BCUT2D eigenvalue weighted by atomic mass is 9.77. The van der Waals surface area contributed by atoms with Gasteiger partial charge in [-0.3, -0.25) is 0 Å². The Hall–Kier alpha value is -1.96. The second-order valence-corrected chi connectivity index (χ2v) is 7.31. The fraction of sp³-hybridized carbons (Fsp3) is 0.500. The summed E-state index contributed by atoms with van der Waals surface area (Å²) in [7, 11) is 0. The first-order valence-corrected chi connectivity index (χ1v) is 10.2. The molecule has 2 heteroatoms. The van der Waals surface area contributed by atoms with E-state index in [1.807, 2.05) is 12.1 Å². The molecular formula is C24H34O2. The van der Waals surface area contributed by atoms with Crippen molar-refractivity contribution in [2.75, 3.05) is 0 Å². The summed E-state index contributed by atoms with van der Waals surface area (Å²) in [4.78, 5) is 0. The van der Waals surface area contributed by atoms with Crippen molar-refractivity contribution in [3.8, 4) is 11.5 Å². The van der Waals surface area contributed by atoms with Crippen molar-refractivity contribution in [2.45, 2.75) is 78.1 Å². The zero-order chi connectivity index (χ0) is 19.1. The molecule has 0 saturated carbocycles. The summed E-state index contributed by atoms with van der Waals surface area (Å²) in [5.74, 6) is 1.65. The molecule has 0 spiro atoms. The van der Waals surface area contributed by atoms with Crippen LogP contribution >= 0.6 is 0 Å². The Balaban J connectivity index is 2.40. The average molecular weight is 355 g/mol. The maximum Gasteiger partial charge on any atom is 0.118 e. The molecule has 0 fully saturated rings. The number of aromatic hydroxyl groups is 2. The van der Waals surface area contributed by atoms with E-state index in [0.717, 1.165) is 49.7 Å². The van der Waals surface area contributed by atoms with Crippen LogP contribution in [0.15, 0.2) is 36.4 Å². The van der Waals surface area contributed by atoms with Gasteiger partial charge < -0.3 is 10.2 Å². The van der Waals surface area contributed by atoms with Crippen LogP contribution in [0.1, 0.15) is 87.5 Å². The Kier molecular flexibility index (Phi) is 7.56. The van der Waals surface area contributed by atoms with Gasteiger partial charge in [-0.05, 0) is 71.9 Å². The summed E-state index contributed by atoms with van der Waals surface area (Å²) >= 11 is 0. The zero-order valence-corrected chi connectivity index (χ0v) is 16.8. The highest BCUT2D eigenvalue weighted by Crippen LogP contribution is 2.40. The van der Waals surface area contributed by atoms with Crippen molar-refractivity contribution in [1.82, 2.24) is 0 Å². The standard InChI is InChI=1S/C24H34O2/c1-5-9-19-15-17(11-13-23(19)25)21(7-3)22(8-4)18-12-14-24(26)20(16-18)10-6-2/h11-16,21-22,25-26H,5-10H2,1-4H3/t21-,22+. The lowest BCUT2D eigenvalue weighted by Crippen LogP contribution is -2.11. The van der Waals surface area contributed by atoms with E-state index in [0.29, 0.717) is 23.3 Å². The van der Waals surface area contributed by atoms with Gasteiger partial charge in [-0.15, -0.1) is 0 Å². The van der Waals surface area contributed by atoms with Crippen molar-refractivity contribution in [3.63, 3.8) is 0 Å². The van der Waals surface area contributed by atoms with E-state index in [9.17, 15) is 10.2 Å². The largest absolute Gasteiger partial charge is 0.508 e. The lowest BCUT2D eigenvalue weighted by molar-refractivity contribution is 0.462. The van der Waals surface area contributed by atoms with Crippen LogP contribution < -0.4 is 0 Å². The highest BCUT2D eigenvalue weighted by atomic mass is 16.3. The molecule has 26 heavy (non-hydrogen) atoms. The SMILES string of the molecule is CCCc1cc([C@@H](CC)[C@@H](CC)c2ccc(O)c(CCC)c2)ccc1O. The van der Waals surface area contributed by atoms with E-state index >= 15 is 0 Å². The molecule has 0 aliphatic carbocycles. The quantitative estimate of drug-likeness (QED) is 0.526. The molecule has 0 aromatic heterocycles. The van der Waals surface area contributed by atoms with Crippen LogP contribution in [0.4, 0.5) is 0 Å². The highest BCUT2D eigenvalue weighted by molar-refractivity contribution is 5.42. The molecule has 142 valence electrons. The summed E-state index contributed by atoms with van der Waals surface area (Å²) in [6.45, 7) is 8.77. The van der Waals surface area contributed by atoms with Crippen molar-refractivity contribution < 1.29 is 10.2 Å². The molecule has 2 aromatic rings. The molecule has 0 heterocycles. The molecule has 2 N–H and O–H groups in total. The molecule has 0 saturated heterocycles. The Morgan fingerprint density at radius 2 is 1.04 bits per heavy atom. The summed E-state index contributed by atoms with van der Waals surface area (Å²) in [5, 5.41) is 20.3. The van der Waals surface area contributed by atoms with E-state index < -0.39 is 0 Å². The van der Waals surface area contributed by atoms with Crippen LogP contribution in [0.25, 0.3) is 0 Å². The van der Waals surface area contributed by atoms with Crippen molar-refractivity contribution in [2.24, 2.45) is 0 Å². The van der Waals surface area contributed by atoms with Gasteiger partial charge in [0.15, 0.2) is 0 Å². The number of benzene rings is 2. The van der Waals surface area contributed by atoms with E-state index in [1.165, 1.54) is 11.1 Å². The first-order valence-electron chi connectivity index (χ1n) is 10.2. The Morgan fingerprint density at radius 1 is 0.654 bits per heavy atom. The topological polar surface area (TPSA) is 40.5 Å². The van der Waals surface area contributed by atoms with Crippen LogP contribution in [-0.2, 0) is 12.8 Å². The normalized spacial score (nSPS) is 13.5. The predicted octanol–water partition coefficient (Wildman–Crippen LogP) is 6.69. The molecule has 0 aliphatic rings. The molecule has 0 aliphatic heterocycles. The van der Waals surface area contributed by atoms with Crippen molar-refractivity contribution in [3.05, 3.63) is 58.7 Å². The molecular weight excluding hydrogens is 320 g/mol. The summed E-state index contributed by atoms with van der Waals surface area (Å²) < 4.78 is 0. The molecule has 2 nitrogen and oxygen atoms in total. The van der Waals surface area contributed by atoms with E-state index in [1.54, 1.807) is 0 Å². The van der Waals surface area contributed by atoms with E-state index in [4.69, 9.17) is 0 Å². The van der Waals surface area contributed by atoms with Gasteiger partial charge in [0.1, 0.15) is 11.5 Å². The number of phenols is 2. The minimum Gasteiger partial charge on any atom is -0.508 e. The molecule has 0 amide bonds. The van der Waals surface area contributed by atoms with Gasteiger partial charge in [-0.25, -0.2) is 0 Å². The maximum atomic E-state index is 10.1. The third-order valence-electron chi connectivity index (χ3n) is 5.47. The third-order valence-corrected chi connectivity index (χ3v) is 5.47. The van der Waals surface area contributed by atoms with E-state index in [-0.39, 0.29) is 0 Å². The molecule has 2 atom stereocenters. The first kappa shape index (κ1) is 20.4. The molecule has 0 unspecified atom stereocenters. The average Bonchev–Trinajstić information content (AvgIpc) is 2.64. The minimum absolute atomic E-state index is 0.411. The highest BCUT2D eigenvalue weighted by Gasteiger charge is 2.23. The van der Waals surface area contributed by atoms with Crippen LogP contribution in [0.5, 0.6) is 11.5 Å². The third kappa shape index (κ3) is 4.60. The number of hydrogen-bond acceptors (Lipinski definition) is 2. The van der Waals surface area contributed by atoms with Crippen LogP contribution in [-0.4, -0.2) is 10.2 Å². The van der Waals surface area contributed by atoms with Gasteiger partial charge in [0.05, 0.1) is 0 Å². The van der Waals surface area contributed by atoms with Gasteiger partial charge in [0.25, 0.3) is 0 Å². The Morgan fingerprint density at radius 3 is 1.35 bits per heavy atom. The first-order chi connectivity index (χ1) is 12.5. The van der Waals surface area contributed by atoms with Crippen molar-refractivity contribution >= 4 is 0 Å².